The number of benzene rings is 2. The normalized spacial score (nSPS) is 26.9. The summed E-state index contributed by atoms with van der Waals surface area (Å²) < 4.78 is 11.2. The van der Waals surface area contributed by atoms with Crippen LogP contribution in [0.5, 0.6) is 0 Å². The van der Waals surface area contributed by atoms with Crippen molar-refractivity contribution in [1.29, 1.82) is 0 Å². The standard InChI is InChI=1S/C35H48ClN3O3S/c1-38(2)33(29-18-20-30(36)21-19-29)28-16-14-26(15-17-28)22-32-35(42-34(40)41-3,24-43-23-27-10-6-4-7-11-27)37-25-39(32)31-12-8-5-9-13-31/h4,6-7,10-11,18-21,25-26,28,31-33H,5,8-9,12-17,22-24H2,1-3H3. The molecule has 2 aromatic carbocycles. The van der Waals surface area contributed by atoms with Gasteiger partial charge >= 0.3 is 6.16 Å². The second-order valence-electron chi connectivity index (χ2n) is 12.9. The first-order valence-corrected chi connectivity index (χ1v) is 17.5. The van der Waals surface area contributed by atoms with Gasteiger partial charge in [0.1, 0.15) is 0 Å². The Morgan fingerprint density at radius 3 is 2.37 bits per heavy atom. The monoisotopic (exact) mass is 625 g/mol. The van der Waals surface area contributed by atoms with E-state index in [9.17, 15) is 4.79 Å². The Labute approximate surface area is 267 Å². The van der Waals surface area contributed by atoms with E-state index in [2.05, 4.69) is 60.3 Å². The highest BCUT2D eigenvalue weighted by molar-refractivity contribution is 7.98. The van der Waals surface area contributed by atoms with Gasteiger partial charge in [-0.1, -0.05) is 86.2 Å². The van der Waals surface area contributed by atoms with Gasteiger partial charge in [-0.3, -0.25) is 0 Å². The summed E-state index contributed by atoms with van der Waals surface area (Å²) in [6.07, 6.45) is 13.2. The number of halogens is 1. The number of ether oxygens (including phenoxy) is 2. The van der Waals surface area contributed by atoms with Gasteiger partial charge in [-0.15, -0.1) is 0 Å². The quantitative estimate of drug-likeness (QED) is 0.233. The summed E-state index contributed by atoms with van der Waals surface area (Å²) in [6, 6.07) is 19.7. The van der Waals surface area contributed by atoms with Gasteiger partial charge in [0.05, 0.1) is 25.2 Å². The number of aliphatic imine (C=N–C) groups is 1. The smallest absolute Gasteiger partial charge is 0.438 e. The summed E-state index contributed by atoms with van der Waals surface area (Å²) in [5.74, 6) is 2.61. The van der Waals surface area contributed by atoms with Crippen LogP contribution in [0.15, 0.2) is 59.6 Å². The van der Waals surface area contributed by atoms with Crippen LogP contribution in [0.3, 0.4) is 0 Å². The van der Waals surface area contributed by atoms with Crippen LogP contribution in [0.2, 0.25) is 5.02 Å². The highest BCUT2D eigenvalue weighted by Gasteiger charge is 2.51. The number of carbonyl (C=O) groups is 1. The Hall–Kier alpha value is -2.22. The lowest BCUT2D eigenvalue weighted by Crippen LogP contribution is -2.54. The number of hydrogen-bond donors (Lipinski definition) is 0. The van der Waals surface area contributed by atoms with E-state index >= 15 is 0 Å². The molecule has 0 amide bonds. The maximum absolute atomic E-state index is 12.7. The molecule has 0 N–H and O–H groups in total. The fourth-order valence-corrected chi connectivity index (χ4v) is 8.91. The molecule has 234 valence electrons. The van der Waals surface area contributed by atoms with E-state index in [-0.39, 0.29) is 6.04 Å². The molecule has 0 radical (unpaired) electrons. The van der Waals surface area contributed by atoms with Crippen LogP contribution in [0.4, 0.5) is 4.79 Å². The lowest BCUT2D eigenvalue weighted by atomic mass is 9.74. The van der Waals surface area contributed by atoms with E-state index in [1.807, 2.05) is 24.5 Å². The van der Waals surface area contributed by atoms with E-state index in [1.165, 1.54) is 76.0 Å². The third-order valence-corrected chi connectivity index (χ3v) is 11.2. The SMILES string of the molecule is COC(=O)OC1(CSCc2ccccc2)N=CN(C2CCCCC2)C1CC1CCC(C(c2ccc(Cl)cc2)N(C)C)CC1. The Balaban J connectivity index is 1.32. The van der Waals surface area contributed by atoms with Crippen molar-refractivity contribution in [3.63, 3.8) is 0 Å². The minimum absolute atomic E-state index is 0.0143. The molecule has 1 heterocycles. The molecule has 6 nitrogen and oxygen atoms in total. The fraction of sp³-hybridized carbons (Fsp3) is 0.600. The van der Waals surface area contributed by atoms with Gasteiger partial charge in [0.15, 0.2) is 0 Å². The number of nitrogens with zero attached hydrogens (tertiary/aromatic N) is 3. The van der Waals surface area contributed by atoms with Gasteiger partial charge in [-0.25, -0.2) is 9.79 Å². The number of rotatable bonds is 11. The number of thioether (sulfide) groups is 1. The molecule has 2 aliphatic carbocycles. The zero-order valence-corrected chi connectivity index (χ0v) is 27.6. The Morgan fingerprint density at radius 1 is 1.02 bits per heavy atom. The number of carbonyl (C=O) groups excluding carboxylic acids is 1. The average Bonchev–Trinajstić information content (AvgIpc) is 3.36. The molecule has 0 aromatic heterocycles. The van der Waals surface area contributed by atoms with Gasteiger partial charge in [0.25, 0.3) is 0 Å². The highest BCUT2D eigenvalue weighted by Crippen LogP contribution is 2.45. The van der Waals surface area contributed by atoms with Gasteiger partial charge in [0.2, 0.25) is 5.72 Å². The van der Waals surface area contributed by atoms with Crippen molar-refractivity contribution in [3.8, 4) is 0 Å². The summed E-state index contributed by atoms with van der Waals surface area (Å²) in [7, 11) is 5.77. The maximum atomic E-state index is 12.7. The van der Waals surface area contributed by atoms with Crippen molar-refractivity contribution in [2.75, 3.05) is 27.0 Å². The summed E-state index contributed by atoms with van der Waals surface area (Å²) in [4.78, 5) is 22.6. The summed E-state index contributed by atoms with van der Waals surface area (Å²) in [5, 5.41) is 0.783. The van der Waals surface area contributed by atoms with E-state index in [4.69, 9.17) is 26.1 Å². The van der Waals surface area contributed by atoms with Crippen LogP contribution < -0.4 is 0 Å². The Kier molecular flexibility index (Phi) is 11.4. The van der Waals surface area contributed by atoms with E-state index in [1.54, 1.807) is 11.8 Å². The highest BCUT2D eigenvalue weighted by atomic mass is 35.5. The van der Waals surface area contributed by atoms with Gasteiger partial charge in [-0.05, 0) is 81.3 Å². The molecule has 0 saturated heterocycles. The molecular weight excluding hydrogens is 578 g/mol. The van der Waals surface area contributed by atoms with Crippen LogP contribution in [-0.2, 0) is 15.2 Å². The van der Waals surface area contributed by atoms with Crippen molar-refractivity contribution >= 4 is 35.9 Å². The van der Waals surface area contributed by atoms with Crippen molar-refractivity contribution in [3.05, 3.63) is 70.7 Å². The molecule has 1 aliphatic heterocycles. The topological polar surface area (TPSA) is 54.4 Å². The lowest BCUT2D eigenvalue weighted by molar-refractivity contribution is -0.0501. The van der Waals surface area contributed by atoms with Crippen molar-refractivity contribution < 1.29 is 14.3 Å². The van der Waals surface area contributed by atoms with Crippen molar-refractivity contribution in [2.24, 2.45) is 16.8 Å². The predicted molar refractivity (Wildman–Crippen MR) is 178 cm³/mol. The predicted octanol–water partition coefficient (Wildman–Crippen LogP) is 8.60. The molecule has 0 spiro atoms. The fourth-order valence-electron chi connectivity index (χ4n) is 7.64. The van der Waals surface area contributed by atoms with Gasteiger partial charge < -0.3 is 19.3 Å². The number of hydrogen-bond acceptors (Lipinski definition) is 7. The van der Waals surface area contributed by atoms with Crippen LogP contribution in [0.25, 0.3) is 0 Å². The molecule has 3 aliphatic rings. The van der Waals surface area contributed by atoms with Gasteiger partial charge in [-0.2, -0.15) is 11.8 Å². The van der Waals surface area contributed by atoms with E-state index in [0.717, 1.165) is 17.2 Å². The first-order chi connectivity index (χ1) is 20.9. The van der Waals surface area contributed by atoms with Crippen LogP contribution in [0.1, 0.15) is 81.4 Å². The van der Waals surface area contributed by atoms with Crippen LogP contribution >= 0.6 is 23.4 Å². The molecule has 43 heavy (non-hydrogen) atoms. The zero-order chi connectivity index (χ0) is 30.2. The average molecular weight is 626 g/mol. The molecule has 8 heteroatoms. The third kappa shape index (κ3) is 8.09. The Morgan fingerprint density at radius 2 is 1.72 bits per heavy atom. The van der Waals surface area contributed by atoms with Gasteiger partial charge in [0, 0.05) is 22.9 Å². The minimum atomic E-state index is -0.948. The lowest BCUT2D eigenvalue weighted by Gasteiger charge is -2.43. The second-order valence-corrected chi connectivity index (χ2v) is 14.3. The summed E-state index contributed by atoms with van der Waals surface area (Å²) in [5.41, 5.74) is 1.65. The molecule has 0 bridgehead atoms. The molecular formula is C35H48ClN3O3S. The van der Waals surface area contributed by atoms with Crippen molar-refractivity contribution in [2.45, 2.75) is 93.8 Å². The summed E-state index contributed by atoms with van der Waals surface area (Å²) >= 11 is 8.00. The Bertz CT molecular complexity index is 1180. The molecule has 2 fully saturated rings. The zero-order valence-electron chi connectivity index (χ0n) is 26.0. The second kappa shape index (κ2) is 15.2. The first kappa shape index (κ1) is 32.2. The van der Waals surface area contributed by atoms with Crippen LogP contribution in [0, 0.1) is 11.8 Å². The minimum Gasteiger partial charge on any atom is -0.438 e. The first-order valence-electron chi connectivity index (χ1n) is 16.0. The molecule has 5 rings (SSSR count). The molecule has 3 unspecified atom stereocenters. The van der Waals surface area contributed by atoms with E-state index in [0.29, 0.717) is 29.7 Å². The van der Waals surface area contributed by atoms with E-state index < -0.39 is 11.9 Å². The largest absolute Gasteiger partial charge is 0.510 e. The molecule has 3 atom stereocenters. The van der Waals surface area contributed by atoms with Crippen LogP contribution in [-0.4, -0.2) is 67.1 Å². The molecule has 2 aromatic rings. The summed E-state index contributed by atoms with van der Waals surface area (Å²) in [6.45, 7) is 0. The van der Waals surface area contributed by atoms with Crippen molar-refractivity contribution in [1.82, 2.24) is 9.80 Å². The number of methoxy groups -OCH3 is 1. The third-order valence-electron chi connectivity index (χ3n) is 9.80. The molecule has 2 saturated carbocycles. The maximum Gasteiger partial charge on any atom is 0.510 e.